The first-order valence-corrected chi connectivity index (χ1v) is 9.11. The van der Waals surface area contributed by atoms with Gasteiger partial charge in [-0.15, -0.1) is 0 Å². The molecule has 0 aliphatic heterocycles. The molecule has 0 saturated heterocycles. The molecule has 29 heavy (non-hydrogen) atoms. The minimum absolute atomic E-state index is 0.331. The quantitative estimate of drug-likeness (QED) is 0.646. The third-order valence-electron chi connectivity index (χ3n) is 4.48. The number of nitrogens with one attached hydrogen (secondary N) is 2. The van der Waals surface area contributed by atoms with Gasteiger partial charge in [-0.3, -0.25) is 4.79 Å². The van der Waals surface area contributed by atoms with Crippen molar-refractivity contribution in [2.24, 2.45) is 0 Å². The predicted molar refractivity (Wildman–Crippen MR) is 113 cm³/mol. The number of ether oxygens (including phenoxy) is 2. The van der Waals surface area contributed by atoms with Crippen molar-refractivity contribution < 1.29 is 14.3 Å². The highest BCUT2D eigenvalue weighted by molar-refractivity contribution is 6.04. The van der Waals surface area contributed by atoms with Crippen LogP contribution in [-0.2, 0) is 0 Å². The van der Waals surface area contributed by atoms with E-state index < -0.39 is 0 Å². The number of amides is 1. The molecule has 0 radical (unpaired) electrons. The van der Waals surface area contributed by atoms with Gasteiger partial charge in [0.1, 0.15) is 11.5 Å². The van der Waals surface area contributed by atoms with Crippen LogP contribution in [0.3, 0.4) is 0 Å². The summed E-state index contributed by atoms with van der Waals surface area (Å²) in [5, 5.41) is 6.03. The third kappa shape index (κ3) is 4.63. The summed E-state index contributed by atoms with van der Waals surface area (Å²) in [5.41, 5.74) is 5.22. The van der Waals surface area contributed by atoms with E-state index in [9.17, 15) is 4.79 Å². The first-order valence-electron chi connectivity index (χ1n) is 9.11. The van der Waals surface area contributed by atoms with Crippen molar-refractivity contribution in [3.8, 4) is 11.5 Å². The number of anilines is 3. The zero-order chi connectivity index (χ0) is 21.0. The van der Waals surface area contributed by atoms with Gasteiger partial charge in [-0.05, 0) is 44.0 Å². The highest BCUT2D eigenvalue weighted by Gasteiger charge is 2.13. The molecular weight excluding hydrogens is 368 g/mol. The topological polar surface area (TPSA) is 85.4 Å². The molecule has 0 atom stereocenters. The lowest BCUT2D eigenvalue weighted by atomic mass is 10.1. The molecule has 0 spiro atoms. The molecule has 2 N–H and O–H groups in total. The molecule has 3 rings (SSSR count). The van der Waals surface area contributed by atoms with Crippen molar-refractivity contribution in [3.05, 3.63) is 65.0 Å². The van der Waals surface area contributed by atoms with E-state index in [1.165, 1.54) is 25.1 Å². The molecule has 7 heteroatoms. The van der Waals surface area contributed by atoms with Gasteiger partial charge >= 0.3 is 0 Å². The standard InChI is InChI=1S/C22H24N4O3/c1-13-8-14(2)20(15(3)9-13)26-22-23-11-16(12-24-22)21(27)25-18-10-17(28-4)6-7-19(18)29-5/h6-12H,1-5H3,(H,25,27)(H,23,24,26). The predicted octanol–water partition coefficient (Wildman–Crippen LogP) is 4.41. The van der Waals surface area contributed by atoms with Gasteiger partial charge in [0.05, 0.1) is 25.5 Å². The molecule has 0 unspecified atom stereocenters. The van der Waals surface area contributed by atoms with E-state index in [1.54, 1.807) is 25.3 Å². The minimum Gasteiger partial charge on any atom is -0.497 e. The summed E-state index contributed by atoms with van der Waals surface area (Å²) in [6.07, 6.45) is 2.96. The van der Waals surface area contributed by atoms with Crippen molar-refractivity contribution in [2.75, 3.05) is 24.9 Å². The van der Waals surface area contributed by atoms with E-state index in [-0.39, 0.29) is 5.91 Å². The van der Waals surface area contributed by atoms with Crippen LogP contribution in [0.1, 0.15) is 27.0 Å². The normalized spacial score (nSPS) is 10.4. The number of aryl methyl sites for hydroxylation is 3. The molecule has 7 nitrogen and oxygen atoms in total. The average Bonchev–Trinajstić information content (AvgIpc) is 2.71. The maximum atomic E-state index is 12.6. The fourth-order valence-corrected chi connectivity index (χ4v) is 3.11. The van der Waals surface area contributed by atoms with E-state index in [0.29, 0.717) is 28.7 Å². The Hall–Kier alpha value is -3.61. The Labute approximate surface area is 170 Å². The molecule has 0 bridgehead atoms. The van der Waals surface area contributed by atoms with Crippen LogP contribution in [0.25, 0.3) is 0 Å². The number of hydrogen-bond donors (Lipinski definition) is 2. The summed E-state index contributed by atoms with van der Waals surface area (Å²) in [6.45, 7) is 6.13. The van der Waals surface area contributed by atoms with Crippen molar-refractivity contribution in [1.82, 2.24) is 9.97 Å². The summed E-state index contributed by atoms with van der Waals surface area (Å²) >= 11 is 0. The zero-order valence-electron chi connectivity index (χ0n) is 17.2. The second kappa shape index (κ2) is 8.60. The number of aromatic nitrogens is 2. The fourth-order valence-electron chi connectivity index (χ4n) is 3.11. The molecule has 0 saturated carbocycles. The van der Waals surface area contributed by atoms with Crippen molar-refractivity contribution in [1.29, 1.82) is 0 Å². The summed E-state index contributed by atoms with van der Waals surface area (Å²) in [5.74, 6) is 1.23. The van der Waals surface area contributed by atoms with E-state index in [2.05, 4.69) is 39.7 Å². The van der Waals surface area contributed by atoms with E-state index in [4.69, 9.17) is 9.47 Å². The smallest absolute Gasteiger partial charge is 0.258 e. The number of carbonyl (C=O) groups is 1. The van der Waals surface area contributed by atoms with E-state index in [0.717, 1.165) is 16.8 Å². The number of benzene rings is 2. The van der Waals surface area contributed by atoms with Gasteiger partial charge in [0.15, 0.2) is 0 Å². The monoisotopic (exact) mass is 392 g/mol. The maximum Gasteiger partial charge on any atom is 0.258 e. The molecule has 3 aromatic rings. The first kappa shape index (κ1) is 20.1. The van der Waals surface area contributed by atoms with Crippen LogP contribution in [0.5, 0.6) is 11.5 Å². The number of carbonyl (C=O) groups excluding carboxylic acids is 1. The van der Waals surface area contributed by atoms with Crippen LogP contribution in [0, 0.1) is 20.8 Å². The lowest BCUT2D eigenvalue weighted by Gasteiger charge is -2.13. The maximum absolute atomic E-state index is 12.6. The fraction of sp³-hybridized carbons (Fsp3) is 0.227. The molecule has 1 aromatic heterocycles. The summed E-state index contributed by atoms with van der Waals surface area (Å²) < 4.78 is 10.5. The molecule has 0 aliphatic rings. The van der Waals surface area contributed by atoms with Gasteiger partial charge in [0, 0.05) is 24.1 Å². The number of nitrogens with zero attached hydrogens (tertiary/aromatic N) is 2. The van der Waals surface area contributed by atoms with Crippen molar-refractivity contribution in [3.63, 3.8) is 0 Å². The largest absolute Gasteiger partial charge is 0.497 e. The Morgan fingerprint density at radius 1 is 0.931 bits per heavy atom. The van der Waals surface area contributed by atoms with Crippen LogP contribution < -0.4 is 20.1 Å². The molecule has 0 fully saturated rings. The van der Waals surface area contributed by atoms with Gasteiger partial charge in [0.25, 0.3) is 5.91 Å². The zero-order valence-corrected chi connectivity index (χ0v) is 17.2. The van der Waals surface area contributed by atoms with Gasteiger partial charge in [-0.25, -0.2) is 9.97 Å². The minimum atomic E-state index is -0.342. The van der Waals surface area contributed by atoms with Crippen LogP contribution >= 0.6 is 0 Å². The summed E-state index contributed by atoms with van der Waals surface area (Å²) in [4.78, 5) is 21.1. The number of hydrogen-bond acceptors (Lipinski definition) is 6. The first-order chi connectivity index (χ1) is 13.9. The summed E-state index contributed by atoms with van der Waals surface area (Å²) in [6, 6.07) is 9.37. The molecule has 150 valence electrons. The highest BCUT2D eigenvalue weighted by Crippen LogP contribution is 2.29. The molecule has 2 aromatic carbocycles. The van der Waals surface area contributed by atoms with Gasteiger partial charge in [0.2, 0.25) is 5.95 Å². The van der Waals surface area contributed by atoms with Crippen LogP contribution in [0.2, 0.25) is 0 Å². The lowest BCUT2D eigenvalue weighted by Crippen LogP contribution is -2.14. The van der Waals surface area contributed by atoms with Gasteiger partial charge in [-0.2, -0.15) is 0 Å². The Kier molecular flexibility index (Phi) is 5.97. The highest BCUT2D eigenvalue weighted by atomic mass is 16.5. The van der Waals surface area contributed by atoms with E-state index >= 15 is 0 Å². The Balaban J connectivity index is 1.76. The summed E-state index contributed by atoms with van der Waals surface area (Å²) in [7, 11) is 3.10. The average molecular weight is 392 g/mol. The van der Waals surface area contributed by atoms with Crippen LogP contribution in [0.15, 0.2) is 42.7 Å². The number of methoxy groups -OCH3 is 2. The number of rotatable bonds is 6. The Morgan fingerprint density at radius 2 is 1.59 bits per heavy atom. The molecule has 1 amide bonds. The van der Waals surface area contributed by atoms with Crippen molar-refractivity contribution >= 4 is 23.2 Å². The second-order valence-electron chi connectivity index (χ2n) is 6.71. The third-order valence-corrected chi connectivity index (χ3v) is 4.48. The van der Waals surface area contributed by atoms with Crippen molar-refractivity contribution in [2.45, 2.75) is 20.8 Å². The Morgan fingerprint density at radius 3 is 2.17 bits per heavy atom. The molecular formula is C22H24N4O3. The van der Waals surface area contributed by atoms with Gasteiger partial charge in [-0.1, -0.05) is 17.7 Å². The van der Waals surface area contributed by atoms with Crippen LogP contribution in [0.4, 0.5) is 17.3 Å². The lowest BCUT2D eigenvalue weighted by molar-refractivity contribution is 0.102. The SMILES string of the molecule is COc1ccc(OC)c(NC(=O)c2cnc(Nc3c(C)cc(C)cc3C)nc2)c1. The Bertz CT molecular complexity index is 1010. The second-order valence-corrected chi connectivity index (χ2v) is 6.71. The molecule has 1 heterocycles. The van der Waals surface area contributed by atoms with Crippen LogP contribution in [-0.4, -0.2) is 30.1 Å². The van der Waals surface area contributed by atoms with Gasteiger partial charge < -0.3 is 20.1 Å². The molecule has 0 aliphatic carbocycles. The van der Waals surface area contributed by atoms with E-state index in [1.807, 2.05) is 13.8 Å².